The fourth-order valence-electron chi connectivity index (χ4n) is 8.58. The van der Waals surface area contributed by atoms with Gasteiger partial charge >= 0.3 is 17.9 Å². The number of allylic oxidation sites excluding steroid dienone is 28. The molecule has 82 heavy (non-hydrogen) atoms. The largest absolute Gasteiger partial charge is 0.462 e. The number of rotatable bonds is 58. The van der Waals surface area contributed by atoms with E-state index in [0.29, 0.717) is 19.3 Å². The van der Waals surface area contributed by atoms with Crippen LogP contribution in [-0.2, 0) is 28.6 Å². The van der Waals surface area contributed by atoms with Crippen molar-refractivity contribution in [3.05, 3.63) is 170 Å². The molecule has 6 nitrogen and oxygen atoms in total. The Hall–Kier alpha value is -5.23. The van der Waals surface area contributed by atoms with Gasteiger partial charge in [0.2, 0.25) is 0 Å². The van der Waals surface area contributed by atoms with Gasteiger partial charge in [0.25, 0.3) is 0 Å². The van der Waals surface area contributed by atoms with E-state index in [9.17, 15) is 14.4 Å². The molecule has 1 atom stereocenters. The van der Waals surface area contributed by atoms with E-state index in [1.807, 2.05) is 0 Å². The maximum Gasteiger partial charge on any atom is 0.306 e. The lowest BCUT2D eigenvalue weighted by atomic mass is 10.0. The highest BCUT2D eigenvalue weighted by molar-refractivity contribution is 5.71. The molecule has 0 N–H and O–H groups in total. The maximum atomic E-state index is 12.9. The fourth-order valence-corrected chi connectivity index (χ4v) is 8.58. The molecule has 1 unspecified atom stereocenters. The first-order valence-electron chi connectivity index (χ1n) is 33.1. The van der Waals surface area contributed by atoms with Gasteiger partial charge in [0.1, 0.15) is 13.2 Å². The zero-order valence-corrected chi connectivity index (χ0v) is 52.7. The molecule has 0 aromatic rings. The quantitative estimate of drug-likeness (QED) is 0.0261. The minimum atomic E-state index is -0.821. The molecule has 0 heterocycles. The van der Waals surface area contributed by atoms with Gasteiger partial charge in [0.05, 0.1) is 0 Å². The smallest absolute Gasteiger partial charge is 0.306 e. The van der Waals surface area contributed by atoms with Crippen molar-refractivity contribution in [3.8, 4) is 0 Å². The SMILES string of the molecule is CC/C=C\C/C=C\C/C=C\C/C=C\C/C=C\C/C=C\C/C=C\C/C=C\CCCCCCC(=O)OCC(COC(=O)CCCCCCCCCCCCCCCC)OC(=O)CCCC/C=C\C/C=C\C/C=C\C/C=C\C/C=C\C/C=C\CC. The second-order valence-electron chi connectivity index (χ2n) is 21.3. The molecule has 460 valence electrons. The molecule has 0 rings (SSSR count). The molecule has 0 spiro atoms. The first-order valence-corrected chi connectivity index (χ1v) is 33.1. The molecule has 0 aliphatic carbocycles. The summed E-state index contributed by atoms with van der Waals surface area (Å²) in [5, 5.41) is 0. The normalized spacial score (nSPS) is 13.3. The Morgan fingerprint density at radius 3 is 0.768 bits per heavy atom. The van der Waals surface area contributed by atoms with Crippen molar-refractivity contribution in [1.82, 2.24) is 0 Å². The Bertz CT molecular complexity index is 1870. The standard InChI is InChI=1S/C76H120O6/c1-4-7-10-13-16-19-22-25-28-30-32-34-35-36-37-38-39-40-41-43-44-46-48-51-54-57-60-63-66-69-75(78)81-72-73(71-80-74(77)68-65-62-59-56-53-50-27-24-21-18-15-12-9-6-3)82-76(79)70-67-64-61-58-55-52-49-47-45-42-33-31-29-26-23-20-17-14-11-8-5-2/h7-8,10-11,16-17,19-20,25-26,28-29,32-34,36-37,39-40,42-44,47-49,51,55,58,73H,4-6,9,12-15,18,21-24,27,30-31,35,38,41,45-46,50,52-54,56-57,59-72H2,1-3H3/b10-7-,11-8-,19-16-,20-17-,28-25-,29-26-,34-32-,37-36-,40-39-,42-33-,44-43-,49-47-,51-48-,58-55-. The van der Waals surface area contributed by atoms with E-state index >= 15 is 0 Å². The Kier molecular flexibility index (Phi) is 63.9. The molecule has 0 aromatic carbocycles. The predicted molar refractivity (Wildman–Crippen MR) is 357 cm³/mol. The number of carbonyl (C=O) groups excluding carboxylic acids is 3. The van der Waals surface area contributed by atoms with Crippen LogP contribution in [0.25, 0.3) is 0 Å². The molecule has 0 aromatic heterocycles. The van der Waals surface area contributed by atoms with E-state index in [4.69, 9.17) is 14.2 Å². The van der Waals surface area contributed by atoms with Gasteiger partial charge in [-0.1, -0.05) is 287 Å². The molecular weight excluding hydrogens is 1010 g/mol. The summed E-state index contributed by atoms with van der Waals surface area (Å²) in [5.41, 5.74) is 0. The van der Waals surface area contributed by atoms with Crippen molar-refractivity contribution >= 4 is 17.9 Å². The Labute approximate surface area is 504 Å². The van der Waals surface area contributed by atoms with Crippen molar-refractivity contribution in [1.29, 1.82) is 0 Å². The lowest BCUT2D eigenvalue weighted by molar-refractivity contribution is -0.167. The van der Waals surface area contributed by atoms with Crippen LogP contribution in [0.1, 0.15) is 271 Å². The first-order chi connectivity index (χ1) is 40.5. The van der Waals surface area contributed by atoms with Crippen LogP contribution in [0, 0.1) is 0 Å². The molecule has 0 amide bonds. The van der Waals surface area contributed by atoms with E-state index in [2.05, 4.69) is 191 Å². The van der Waals surface area contributed by atoms with Gasteiger partial charge in [0, 0.05) is 19.3 Å². The van der Waals surface area contributed by atoms with Crippen LogP contribution < -0.4 is 0 Å². The lowest BCUT2D eigenvalue weighted by Crippen LogP contribution is -2.30. The zero-order chi connectivity index (χ0) is 59.2. The summed E-state index contributed by atoms with van der Waals surface area (Å²) in [7, 11) is 0. The molecule has 0 aliphatic heterocycles. The lowest BCUT2D eigenvalue weighted by Gasteiger charge is -2.18. The van der Waals surface area contributed by atoms with Gasteiger partial charge in [-0.25, -0.2) is 0 Å². The van der Waals surface area contributed by atoms with E-state index < -0.39 is 6.10 Å². The summed E-state index contributed by atoms with van der Waals surface area (Å²) in [6.45, 7) is 6.36. The second-order valence-corrected chi connectivity index (χ2v) is 21.3. The van der Waals surface area contributed by atoms with Crippen LogP contribution in [-0.4, -0.2) is 37.2 Å². The number of esters is 3. The van der Waals surface area contributed by atoms with Crippen LogP contribution in [0.4, 0.5) is 0 Å². The highest BCUT2D eigenvalue weighted by Gasteiger charge is 2.19. The van der Waals surface area contributed by atoms with Crippen LogP contribution in [0.15, 0.2) is 170 Å². The van der Waals surface area contributed by atoms with Gasteiger partial charge in [-0.05, 0) is 135 Å². The summed E-state index contributed by atoms with van der Waals surface area (Å²) >= 11 is 0. The van der Waals surface area contributed by atoms with Gasteiger partial charge in [-0.3, -0.25) is 14.4 Å². The third-order valence-electron chi connectivity index (χ3n) is 13.5. The molecule has 0 radical (unpaired) electrons. The van der Waals surface area contributed by atoms with Crippen molar-refractivity contribution in [3.63, 3.8) is 0 Å². The Balaban J connectivity index is 4.49. The maximum absolute atomic E-state index is 12.9. The Morgan fingerprint density at radius 2 is 0.476 bits per heavy atom. The van der Waals surface area contributed by atoms with Gasteiger partial charge < -0.3 is 14.2 Å². The van der Waals surface area contributed by atoms with Gasteiger partial charge in [-0.15, -0.1) is 0 Å². The molecule has 0 saturated carbocycles. The molecule has 0 fully saturated rings. The fraction of sp³-hybridized carbons (Fsp3) is 0.592. The highest BCUT2D eigenvalue weighted by atomic mass is 16.6. The zero-order valence-electron chi connectivity index (χ0n) is 52.7. The van der Waals surface area contributed by atoms with Crippen molar-refractivity contribution in [2.24, 2.45) is 0 Å². The number of unbranched alkanes of at least 4 members (excludes halogenated alkanes) is 19. The predicted octanol–water partition coefficient (Wildman–Crippen LogP) is 23.0. The number of hydrogen-bond acceptors (Lipinski definition) is 6. The second kappa shape index (κ2) is 68.3. The van der Waals surface area contributed by atoms with Crippen LogP contribution >= 0.6 is 0 Å². The van der Waals surface area contributed by atoms with E-state index in [1.165, 1.54) is 70.6 Å². The minimum Gasteiger partial charge on any atom is -0.462 e. The van der Waals surface area contributed by atoms with Crippen molar-refractivity contribution in [2.75, 3.05) is 13.2 Å². The summed E-state index contributed by atoms with van der Waals surface area (Å²) in [5.74, 6) is -0.981. The van der Waals surface area contributed by atoms with Gasteiger partial charge in [0.15, 0.2) is 6.10 Å². The molecular formula is C76H120O6. The van der Waals surface area contributed by atoms with Crippen LogP contribution in [0.2, 0.25) is 0 Å². The average molecular weight is 1130 g/mol. The van der Waals surface area contributed by atoms with Crippen molar-refractivity contribution < 1.29 is 28.6 Å². The third-order valence-corrected chi connectivity index (χ3v) is 13.5. The topological polar surface area (TPSA) is 78.9 Å². The van der Waals surface area contributed by atoms with Gasteiger partial charge in [-0.2, -0.15) is 0 Å². The van der Waals surface area contributed by atoms with Crippen LogP contribution in [0.3, 0.4) is 0 Å². The summed E-state index contributed by atoms with van der Waals surface area (Å²) in [6, 6.07) is 0. The molecule has 0 saturated heterocycles. The van der Waals surface area contributed by atoms with E-state index in [-0.39, 0.29) is 37.5 Å². The van der Waals surface area contributed by atoms with Crippen LogP contribution in [0.5, 0.6) is 0 Å². The minimum absolute atomic E-state index is 0.109. The van der Waals surface area contributed by atoms with Crippen molar-refractivity contribution in [2.45, 2.75) is 277 Å². The summed E-state index contributed by atoms with van der Waals surface area (Å²) < 4.78 is 16.9. The highest BCUT2D eigenvalue weighted by Crippen LogP contribution is 2.15. The number of carbonyl (C=O) groups is 3. The number of hydrogen-bond donors (Lipinski definition) is 0. The molecule has 6 heteroatoms. The van der Waals surface area contributed by atoms with E-state index in [0.717, 1.165) is 154 Å². The molecule has 0 bridgehead atoms. The molecule has 0 aliphatic rings. The van der Waals surface area contributed by atoms with E-state index in [1.54, 1.807) is 0 Å². The average Bonchev–Trinajstić information content (AvgIpc) is 3.47. The summed E-state index contributed by atoms with van der Waals surface area (Å²) in [4.78, 5) is 38.4. The third kappa shape index (κ3) is 65.6. The Morgan fingerprint density at radius 1 is 0.256 bits per heavy atom. The summed E-state index contributed by atoms with van der Waals surface area (Å²) in [6.07, 6.45) is 101. The monoisotopic (exact) mass is 1130 g/mol. The number of ether oxygens (including phenoxy) is 3. The first kappa shape index (κ1) is 76.8.